The van der Waals surface area contributed by atoms with Gasteiger partial charge >= 0.3 is 5.97 Å². The highest BCUT2D eigenvalue weighted by Crippen LogP contribution is 2.15. The third-order valence-electron chi connectivity index (χ3n) is 9.69. The second-order valence-electron chi connectivity index (χ2n) is 14.5. The van der Waals surface area contributed by atoms with Gasteiger partial charge in [-0.1, -0.05) is 207 Å². The van der Waals surface area contributed by atoms with E-state index in [1.54, 1.807) is 6.92 Å². The van der Waals surface area contributed by atoms with Crippen molar-refractivity contribution in [1.29, 1.82) is 0 Å². The predicted molar refractivity (Wildman–Crippen MR) is 205 cm³/mol. The van der Waals surface area contributed by atoms with Gasteiger partial charge in [-0.3, -0.25) is 14.4 Å². The molecule has 0 aliphatic heterocycles. The number of hydrogen-bond donors (Lipinski definition) is 2. The van der Waals surface area contributed by atoms with E-state index in [2.05, 4.69) is 24.5 Å². The van der Waals surface area contributed by atoms with Gasteiger partial charge in [-0.15, -0.1) is 0 Å². The molecule has 0 rings (SSSR count). The first-order chi connectivity index (χ1) is 23.5. The quantitative estimate of drug-likeness (QED) is 0.0503. The fraction of sp³-hybridized carbons (Fsp3) is 0.929. The zero-order chi connectivity index (χ0) is 35.2. The maximum atomic E-state index is 12.8. The van der Waals surface area contributed by atoms with E-state index in [0.717, 1.165) is 32.1 Å². The molecule has 0 fully saturated rings. The lowest BCUT2D eigenvalue weighted by Crippen LogP contribution is -2.49. The minimum absolute atomic E-state index is 0.109. The van der Waals surface area contributed by atoms with E-state index < -0.39 is 6.04 Å². The summed E-state index contributed by atoms with van der Waals surface area (Å²) in [4.78, 5) is 37.2. The van der Waals surface area contributed by atoms with Gasteiger partial charge < -0.3 is 15.4 Å². The molecule has 0 spiro atoms. The SMILES string of the molecule is CCCCCCCCCCCCCCCCCCNC(=O)C(COC(=O)CC)NC(=O)CCCCCCCCCCCCCCCCC. The lowest BCUT2D eigenvalue weighted by molar-refractivity contribution is -0.146. The summed E-state index contributed by atoms with van der Waals surface area (Å²) in [5, 5.41) is 5.78. The molecule has 0 bridgehead atoms. The van der Waals surface area contributed by atoms with Crippen molar-refractivity contribution in [3.63, 3.8) is 0 Å². The summed E-state index contributed by atoms with van der Waals surface area (Å²) in [7, 11) is 0. The third kappa shape index (κ3) is 34.3. The molecule has 0 aliphatic carbocycles. The van der Waals surface area contributed by atoms with Crippen LogP contribution in [0.15, 0.2) is 0 Å². The Morgan fingerprint density at radius 3 is 1.15 bits per heavy atom. The highest BCUT2D eigenvalue weighted by atomic mass is 16.5. The number of nitrogens with one attached hydrogen (secondary N) is 2. The molecule has 0 saturated carbocycles. The van der Waals surface area contributed by atoms with Crippen molar-refractivity contribution >= 4 is 17.8 Å². The Bertz CT molecular complexity index is 714. The molecule has 284 valence electrons. The van der Waals surface area contributed by atoms with Crippen LogP contribution in [-0.2, 0) is 19.1 Å². The highest BCUT2D eigenvalue weighted by molar-refractivity contribution is 5.88. The van der Waals surface area contributed by atoms with Crippen LogP contribution in [0.2, 0.25) is 0 Å². The molecule has 0 aromatic rings. The summed E-state index contributed by atoms with van der Waals surface area (Å²) in [5.41, 5.74) is 0. The summed E-state index contributed by atoms with van der Waals surface area (Å²) < 4.78 is 5.23. The van der Waals surface area contributed by atoms with Gasteiger partial charge in [0.15, 0.2) is 0 Å². The molecule has 2 N–H and O–H groups in total. The van der Waals surface area contributed by atoms with Crippen molar-refractivity contribution in [2.24, 2.45) is 0 Å². The van der Waals surface area contributed by atoms with Crippen LogP contribution in [0.3, 0.4) is 0 Å². The van der Waals surface area contributed by atoms with Gasteiger partial charge in [0.05, 0.1) is 0 Å². The minimum Gasteiger partial charge on any atom is -0.463 e. The Kier molecular flexibility index (Phi) is 36.9. The van der Waals surface area contributed by atoms with Crippen molar-refractivity contribution in [3.05, 3.63) is 0 Å². The Morgan fingerprint density at radius 2 is 0.792 bits per heavy atom. The van der Waals surface area contributed by atoms with Gasteiger partial charge in [0.1, 0.15) is 12.6 Å². The first-order valence-corrected chi connectivity index (χ1v) is 21.3. The predicted octanol–water partition coefficient (Wildman–Crippen LogP) is 12.1. The normalized spacial score (nSPS) is 11.8. The topological polar surface area (TPSA) is 84.5 Å². The van der Waals surface area contributed by atoms with Crippen molar-refractivity contribution in [2.45, 2.75) is 239 Å². The number of ether oxygens (including phenoxy) is 1. The second-order valence-corrected chi connectivity index (χ2v) is 14.5. The summed E-state index contributed by atoms with van der Waals surface area (Å²) >= 11 is 0. The van der Waals surface area contributed by atoms with E-state index in [-0.39, 0.29) is 30.8 Å². The zero-order valence-corrected chi connectivity index (χ0v) is 32.5. The first kappa shape index (κ1) is 46.4. The zero-order valence-electron chi connectivity index (χ0n) is 32.5. The van der Waals surface area contributed by atoms with Gasteiger partial charge in [0, 0.05) is 19.4 Å². The fourth-order valence-electron chi connectivity index (χ4n) is 6.39. The molecule has 1 unspecified atom stereocenters. The molecule has 1 atom stereocenters. The molecule has 2 amide bonds. The molecule has 0 aromatic heterocycles. The maximum Gasteiger partial charge on any atom is 0.305 e. The average molecular weight is 679 g/mol. The van der Waals surface area contributed by atoms with Crippen molar-refractivity contribution in [1.82, 2.24) is 10.6 Å². The Morgan fingerprint density at radius 1 is 0.458 bits per heavy atom. The summed E-state index contributed by atoms with van der Waals surface area (Å²) in [6, 6.07) is -0.828. The van der Waals surface area contributed by atoms with Gasteiger partial charge in [-0.25, -0.2) is 0 Å². The van der Waals surface area contributed by atoms with Crippen LogP contribution in [-0.4, -0.2) is 37.0 Å². The molecule has 0 radical (unpaired) electrons. The lowest BCUT2D eigenvalue weighted by Gasteiger charge is -2.18. The number of amides is 2. The number of esters is 1. The molecule has 0 saturated heterocycles. The van der Waals surface area contributed by atoms with Gasteiger partial charge in [0.25, 0.3) is 0 Å². The van der Waals surface area contributed by atoms with E-state index in [1.807, 2.05) is 0 Å². The molecular formula is C42H82N2O4. The van der Waals surface area contributed by atoms with Crippen molar-refractivity contribution in [3.8, 4) is 0 Å². The number of carbonyl (C=O) groups excluding carboxylic acids is 3. The van der Waals surface area contributed by atoms with Crippen LogP contribution in [0.4, 0.5) is 0 Å². The molecule has 0 heterocycles. The van der Waals surface area contributed by atoms with Crippen molar-refractivity contribution < 1.29 is 19.1 Å². The van der Waals surface area contributed by atoms with Crippen LogP contribution < -0.4 is 10.6 Å². The smallest absolute Gasteiger partial charge is 0.305 e. The Labute approximate surface area is 298 Å². The monoisotopic (exact) mass is 679 g/mol. The van der Waals surface area contributed by atoms with Crippen LogP contribution in [0.25, 0.3) is 0 Å². The van der Waals surface area contributed by atoms with E-state index in [1.165, 1.54) is 167 Å². The molecule has 6 heteroatoms. The Hall–Kier alpha value is -1.59. The minimum atomic E-state index is -0.828. The summed E-state index contributed by atoms with van der Waals surface area (Å²) in [6.45, 7) is 6.75. The van der Waals surface area contributed by atoms with Gasteiger partial charge in [-0.05, 0) is 12.8 Å². The summed E-state index contributed by atoms with van der Waals surface area (Å²) in [5.74, 6) is -0.758. The van der Waals surface area contributed by atoms with Gasteiger partial charge in [0.2, 0.25) is 11.8 Å². The van der Waals surface area contributed by atoms with Crippen LogP contribution >= 0.6 is 0 Å². The average Bonchev–Trinajstić information content (AvgIpc) is 3.09. The Balaban J connectivity index is 3.88. The van der Waals surface area contributed by atoms with E-state index in [9.17, 15) is 14.4 Å². The van der Waals surface area contributed by atoms with Crippen LogP contribution in [0, 0.1) is 0 Å². The molecule has 48 heavy (non-hydrogen) atoms. The molecule has 0 aromatic carbocycles. The fourth-order valence-corrected chi connectivity index (χ4v) is 6.39. The van der Waals surface area contributed by atoms with Crippen LogP contribution in [0.5, 0.6) is 0 Å². The van der Waals surface area contributed by atoms with E-state index in [4.69, 9.17) is 4.74 Å². The lowest BCUT2D eigenvalue weighted by atomic mass is 10.0. The van der Waals surface area contributed by atoms with Crippen molar-refractivity contribution in [2.75, 3.05) is 13.2 Å². The molecular weight excluding hydrogens is 596 g/mol. The van der Waals surface area contributed by atoms with E-state index in [0.29, 0.717) is 13.0 Å². The van der Waals surface area contributed by atoms with E-state index >= 15 is 0 Å². The maximum absolute atomic E-state index is 12.8. The first-order valence-electron chi connectivity index (χ1n) is 21.3. The highest BCUT2D eigenvalue weighted by Gasteiger charge is 2.22. The standard InChI is InChI=1S/C42H82N2O4/c1-4-7-9-11-13-15-17-19-21-23-25-27-29-31-33-35-37-43-42(47)39(38-48-41(46)6-3)44-40(45)36-34-32-30-28-26-24-22-20-18-16-14-12-10-8-5-2/h39H,4-38H2,1-3H3,(H,43,47)(H,44,45). The third-order valence-corrected chi connectivity index (χ3v) is 9.69. The summed E-state index contributed by atoms with van der Waals surface area (Å²) in [6.07, 6.45) is 41.0. The second kappa shape index (κ2) is 38.2. The molecule has 6 nitrogen and oxygen atoms in total. The largest absolute Gasteiger partial charge is 0.463 e. The number of hydrogen-bond acceptors (Lipinski definition) is 4. The number of rotatable bonds is 38. The number of carbonyl (C=O) groups is 3. The number of unbranched alkanes of at least 4 members (excludes halogenated alkanes) is 29. The molecule has 0 aliphatic rings. The van der Waals surface area contributed by atoms with Gasteiger partial charge in [-0.2, -0.15) is 0 Å². The van der Waals surface area contributed by atoms with Crippen LogP contribution in [0.1, 0.15) is 233 Å².